The quantitative estimate of drug-likeness (QED) is 0.163. The van der Waals surface area contributed by atoms with Crippen molar-refractivity contribution in [2.24, 2.45) is 12.2 Å². The first-order valence-corrected chi connectivity index (χ1v) is 6.15. The number of rotatable bonds is 5. The number of aromatic nitrogens is 2. The molecule has 0 amide bonds. The fraction of sp³-hybridized carbons (Fsp3) is 0.0769. The normalized spacial score (nSPS) is 11.1. The Kier molecular flexibility index (Phi) is 4.45. The van der Waals surface area contributed by atoms with Gasteiger partial charge in [0.2, 0.25) is 5.71 Å². The number of carbonyl (C=O) groups is 2. The van der Waals surface area contributed by atoms with Gasteiger partial charge in [0.25, 0.3) is 11.6 Å². The van der Waals surface area contributed by atoms with Crippen LogP contribution in [0.5, 0.6) is 5.75 Å². The van der Waals surface area contributed by atoms with Crippen molar-refractivity contribution in [2.45, 2.75) is 0 Å². The average Bonchev–Trinajstić information content (AvgIpc) is 2.91. The fourth-order valence-corrected chi connectivity index (χ4v) is 1.72. The van der Waals surface area contributed by atoms with Crippen LogP contribution < -0.4 is 4.74 Å². The second-order valence-electron chi connectivity index (χ2n) is 4.24. The van der Waals surface area contributed by atoms with E-state index in [9.17, 15) is 19.7 Å². The average molecular weight is 318 g/mol. The number of esters is 1. The van der Waals surface area contributed by atoms with Crippen molar-refractivity contribution in [3.63, 3.8) is 0 Å². The summed E-state index contributed by atoms with van der Waals surface area (Å²) in [5, 5.41) is 22.4. The van der Waals surface area contributed by atoms with E-state index in [1.54, 1.807) is 18.2 Å². The van der Waals surface area contributed by atoms with Crippen molar-refractivity contribution < 1.29 is 24.5 Å². The molecule has 2 rings (SSSR count). The molecule has 0 bridgehead atoms. The monoisotopic (exact) mass is 318 g/mol. The van der Waals surface area contributed by atoms with Gasteiger partial charge in [-0.2, -0.15) is 0 Å². The number of ether oxygens (including phenoxy) is 1. The minimum Gasteiger partial charge on any atom is -0.420 e. The highest BCUT2D eigenvalue weighted by atomic mass is 16.6. The maximum Gasteiger partial charge on any atom is 0.387 e. The van der Waals surface area contributed by atoms with Crippen LogP contribution in [0.4, 0.5) is 5.82 Å². The van der Waals surface area contributed by atoms with E-state index in [1.807, 2.05) is 0 Å². The van der Waals surface area contributed by atoms with Crippen LogP contribution in [0.3, 0.4) is 0 Å². The van der Waals surface area contributed by atoms with Crippen LogP contribution in [0.1, 0.15) is 5.82 Å². The van der Waals surface area contributed by atoms with E-state index in [1.165, 1.54) is 19.2 Å². The maximum atomic E-state index is 12.0. The number of imidazole rings is 1. The summed E-state index contributed by atoms with van der Waals surface area (Å²) in [5.74, 6) is -3.26. The molecule has 10 heteroatoms. The number of benzene rings is 1. The molecular weight excluding hydrogens is 308 g/mol. The summed E-state index contributed by atoms with van der Waals surface area (Å²) in [7, 11) is 1.24. The summed E-state index contributed by atoms with van der Waals surface area (Å²) in [5.41, 5.74) is -0.762. The summed E-state index contributed by atoms with van der Waals surface area (Å²) >= 11 is 0. The molecule has 23 heavy (non-hydrogen) atoms. The molecule has 0 aliphatic rings. The molecule has 1 aromatic heterocycles. The standard InChI is InChI=1S/C13H10N4O6/c1-16-9(17(21)22)7-14-12(16)10(15-20)11(18)13(19)23-8-5-3-2-4-6-8/h2-7,20H,1H3/b15-10-. The van der Waals surface area contributed by atoms with E-state index in [0.717, 1.165) is 10.8 Å². The maximum absolute atomic E-state index is 12.0. The van der Waals surface area contributed by atoms with Gasteiger partial charge < -0.3 is 20.1 Å². The molecule has 0 aliphatic carbocycles. The van der Waals surface area contributed by atoms with E-state index in [4.69, 9.17) is 9.94 Å². The second kappa shape index (κ2) is 6.47. The number of Topliss-reactive ketones (excluding diaryl/α,β-unsaturated/α-hetero) is 1. The van der Waals surface area contributed by atoms with Crippen LogP contribution in [-0.2, 0) is 16.6 Å². The predicted molar refractivity (Wildman–Crippen MR) is 75.3 cm³/mol. The third-order valence-corrected chi connectivity index (χ3v) is 2.82. The number of oxime groups is 1. The summed E-state index contributed by atoms with van der Waals surface area (Å²) in [6.07, 6.45) is 0.871. The third-order valence-electron chi connectivity index (χ3n) is 2.82. The molecule has 0 unspecified atom stereocenters. The van der Waals surface area contributed by atoms with Gasteiger partial charge in [0, 0.05) is 0 Å². The topological polar surface area (TPSA) is 137 Å². The zero-order valence-corrected chi connectivity index (χ0v) is 11.7. The van der Waals surface area contributed by atoms with Gasteiger partial charge in [-0.1, -0.05) is 23.4 Å². The largest absolute Gasteiger partial charge is 0.420 e. The minimum absolute atomic E-state index is 0.119. The van der Waals surface area contributed by atoms with E-state index in [2.05, 4.69) is 10.1 Å². The molecule has 1 heterocycles. The molecule has 118 valence electrons. The van der Waals surface area contributed by atoms with Crippen LogP contribution in [0.25, 0.3) is 0 Å². The molecule has 0 saturated carbocycles. The Morgan fingerprint density at radius 2 is 2.00 bits per heavy atom. The lowest BCUT2D eigenvalue weighted by atomic mass is 10.2. The summed E-state index contributed by atoms with van der Waals surface area (Å²) in [6.45, 7) is 0. The van der Waals surface area contributed by atoms with Gasteiger partial charge in [0.15, 0.2) is 0 Å². The molecule has 0 spiro atoms. The molecule has 1 N–H and O–H groups in total. The molecule has 10 nitrogen and oxygen atoms in total. The van der Waals surface area contributed by atoms with Gasteiger partial charge in [-0.05, 0) is 17.1 Å². The summed E-state index contributed by atoms with van der Waals surface area (Å²) in [4.78, 5) is 37.5. The third kappa shape index (κ3) is 3.20. The first-order chi connectivity index (χ1) is 11.0. The first-order valence-electron chi connectivity index (χ1n) is 6.15. The second-order valence-corrected chi connectivity index (χ2v) is 4.24. The number of hydrogen-bond acceptors (Lipinski definition) is 8. The van der Waals surface area contributed by atoms with Crippen molar-refractivity contribution >= 4 is 23.3 Å². The lowest BCUT2D eigenvalue weighted by Gasteiger charge is -2.03. The van der Waals surface area contributed by atoms with Gasteiger partial charge in [-0.3, -0.25) is 4.79 Å². The lowest BCUT2D eigenvalue weighted by molar-refractivity contribution is -0.391. The highest BCUT2D eigenvalue weighted by Gasteiger charge is 2.32. The Morgan fingerprint density at radius 3 is 2.52 bits per heavy atom. The minimum atomic E-state index is -1.31. The molecular formula is C13H10N4O6. The highest BCUT2D eigenvalue weighted by Crippen LogP contribution is 2.14. The summed E-state index contributed by atoms with van der Waals surface area (Å²) in [6, 6.07) is 7.78. The van der Waals surface area contributed by atoms with Gasteiger partial charge in [0.05, 0.1) is 7.05 Å². The number of carbonyl (C=O) groups excluding carboxylic acids is 2. The molecule has 0 fully saturated rings. The van der Waals surface area contributed by atoms with Crippen LogP contribution in [-0.4, -0.2) is 37.1 Å². The SMILES string of the molecule is Cn1c([N+](=O)[O-])cnc1/C(=N\O)C(=O)C(=O)Oc1ccccc1. The number of ketones is 1. The summed E-state index contributed by atoms with van der Waals surface area (Å²) < 4.78 is 5.73. The van der Waals surface area contributed by atoms with Crippen molar-refractivity contribution in [3.8, 4) is 5.75 Å². The van der Waals surface area contributed by atoms with Crippen LogP contribution >= 0.6 is 0 Å². The fourth-order valence-electron chi connectivity index (χ4n) is 1.72. The van der Waals surface area contributed by atoms with Crippen LogP contribution in [0, 0.1) is 10.1 Å². The zero-order valence-electron chi connectivity index (χ0n) is 11.7. The first kappa shape index (κ1) is 15.8. The number of para-hydroxylation sites is 1. The number of hydrogen-bond donors (Lipinski definition) is 1. The van der Waals surface area contributed by atoms with Crippen molar-refractivity contribution in [3.05, 3.63) is 52.5 Å². The Bertz CT molecular complexity index is 796. The zero-order chi connectivity index (χ0) is 17.0. The Labute approximate surface area is 128 Å². The predicted octanol–water partition coefficient (Wildman–Crippen LogP) is 0.681. The van der Waals surface area contributed by atoms with E-state index in [-0.39, 0.29) is 11.6 Å². The molecule has 1 aromatic carbocycles. The highest BCUT2D eigenvalue weighted by molar-refractivity contribution is 6.66. The van der Waals surface area contributed by atoms with Crippen LogP contribution in [0.15, 0.2) is 41.7 Å². The van der Waals surface area contributed by atoms with Gasteiger partial charge in [-0.15, -0.1) is 0 Å². The van der Waals surface area contributed by atoms with E-state index < -0.39 is 28.2 Å². The number of nitrogens with zero attached hydrogens (tertiary/aromatic N) is 4. The molecule has 0 radical (unpaired) electrons. The van der Waals surface area contributed by atoms with Gasteiger partial charge in [-0.25, -0.2) is 14.3 Å². The van der Waals surface area contributed by atoms with Crippen molar-refractivity contribution in [1.29, 1.82) is 0 Å². The Balaban J connectivity index is 2.26. The molecule has 0 atom stereocenters. The molecule has 2 aromatic rings. The smallest absolute Gasteiger partial charge is 0.387 e. The molecule has 0 saturated heterocycles. The Hall–Kier alpha value is -3.56. The lowest BCUT2D eigenvalue weighted by Crippen LogP contribution is -2.31. The van der Waals surface area contributed by atoms with Crippen molar-refractivity contribution in [1.82, 2.24) is 9.55 Å². The Morgan fingerprint density at radius 1 is 1.35 bits per heavy atom. The number of nitro groups is 1. The van der Waals surface area contributed by atoms with E-state index in [0.29, 0.717) is 0 Å². The van der Waals surface area contributed by atoms with Crippen molar-refractivity contribution in [2.75, 3.05) is 0 Å². The van der Waals surface area contributed by atoms with E-state index >= 15 is 0 Å². The van der Waals surface area contributed by atoms with Gasteiger partial charge >= 0.3 is 11.8 Å². The molecule has 0 aliphatic heterocycles. The van der Waals surface area contributed by atoms with Gasteiger partial charge in [0.1, 0.15) is 11.9 Å². The van der Waals surface area contributed by atoms with Crippen LogP contribution in [0.2, 0.25) is 0 Å².